The van der Waals surface area contributed by atoms with Crippen molar-refractivity contribution in [3.63, 3.8) is 0 Å². The maximum absolute atomic E-state index is 13.1. The zero-order chi connectivity index (χ0) is 19.3. The predicted molar refractivity (Wildman–Crippen MR) is 111 cm³/mol. The SMILES string of the molecule is Cc1ccsc1C1Nc2ccc(S(=O)(=O)N3CCOCC3)cc2C2C=CCC21. The van der Waals surface area contributed by atoms with Crippen molar-refractivity contribution in [2.75, 3.05) is 31.6 Å². The van der Waals surface area contributed by atoms with Crippen LogP contribution in [0.4, 0.5) is 5.69 Å². The van der Waals surface area contributed by atoms with E-state index < -0.39 is 10.0 Å². The Morgan fingerprint density at radius 3 is 2.79 bits per heavy atom. The van der Waals surface area contributed by atoms with Crippen LogP contribution < -0.4 is 5.32 Å². The summed E-state index contributed by atoms with van der Waals surface area (Å²) in [5, 5.41) is 5.86. The lowest BCUT2D eigenvalue weighted by Crippen LogP contribution is -2.40. The first-order valence-corrected chi connectivity index (χ1v) is 12.1. The quantitative estimate of drug-likeness (QED) is 0.771. The van der Waals surface area contributed by atoms with Gasteiger partial charge in [0.2, 0.25) is 10.0 Å². The van der Waals surface area contributed by atoms with Gasteiger partial charge in [0.05, 0.1) is 24.2 Å². The summed E-state index contributed by atoms with van der Waals surface area (Å²) in [6.45, 7) is 3.92. The highest BCUT2D eigenvalue weighted by Crippen LogP contribution is 2.51. The molecule has 5 rings (SSSR count). The van der Waals surface area contributed by atoms with E-state index in [2.05, 4.69) is 35.8 Å². The summed E-state index contributed by atoms with van der Waals surface area (Å²) in [6, 6.07) is 8.02. The molecule has 0 amide bonds. The highest BCUT2D eigenvalue weighted by atomic mass is 32.2. The summed E-state index contributed by atoms with van der Waals surface area (Å²) in [6.07, 6.45) is 5.51. The van der Waals surface area contributed by atoms with Crippen LogP contribution in [0.3, 0.4) is 0 Å². The number of nitrogens with zero attached hydrogens (tertiary/aromatic N) is 1. The molecule has 1 N–H and O–H groups in total. The number of sulfonamides is 1. The van der Waals surface area contributed by atoms with Gasteiger partial charge in [-0.2, -0.15) is 4.31 Å². The normalized spacial score (nSPS) is 27.2. The lowest BCUT2D eigenvalue weighted by atomic mass is 9.78. The zero-order valence-corrected chi connectivity index (χ0v) is 17.4. The molecule has 148 valence electrons. The number of anilines is 1. The summed E-state index contributed by atoms with van der Waals surface area (Å²) in [5.41, 5.74) is 3.47. The summed E-state index contributed by atoms with van der Waals surface area (Å²) in [5.74, 6) is 0.675. The molecule has 3 atom stereocenters. The molecule has 1 aliphatic carbocycles. The minimum atomic E-state index is -3.48. The molecule has 0 radical (unpaired) electrons. The fourth-order valence-corrected chi connectivity index (χ4v) is 7.13. The van der Waals surface area contributed by atoms with E-state index in [9.17, 15) is 8.42 Å². The van der Waals surface area contributed by atoms with Gasteiger partial charge in [0.15, 0.2) is 0 Å². The van der Waals surface area contributed by atoms with Crippen LogP contribution in [-0.4, -0.2) is 39.0 Å². The Morgan fingerprint density at radius 1 is 1.21 bits per heavy atom. The second kappa shape index (κ2) is 6.99. The average Bonchev–Trinajstić information content (AvgIpc) is 3.37. The predicted octanol–water partition coefficient (Wildman–Crippen LogP) is 3.90. The van der Waals surface area contributed by atoms with Gasteiger partial charge in [0.1, 0.15) is 0 Å². The van der Waals surface area contributed by atoms with Crippen molar-refractivity contribution in [2.24, 2.45) is 5.92 Å². The Balaban J connectivity index is 1.53. The lowest BCUT2D eigenvalue weighted by Gasteiger charge is -2.37. The Morgan fingerprint density at radius 2 is 2.04 bits per heavy atom. The molecule has 3 unspecified atom stereocenters. The zero-order valence-electron chi connectivity index (χ0n) is 15.8. The van der Waals surface area contributed by atoms with Crippen LogP contribution in [0.1, 0.15) is 34.4 Å². The molecule has 0 saturated carbocycles. The number of hydrogen-bond acceptors (Lipinski definition) is 5. The number of hydrogen-bond donors (Lipinski definition) is 1. The third-order valence-electron chi connectivity index (χ3n) is 6.13. The number of aryl methyl sites for hydroxylation is 1. The van der Waals surface area contributed by atoms with Crippen molar-refractivity contribution in [3.8, 4) is 0 Å². The number of nitrogens with one attached hydrogen (secondary N) is 1. The molecule has 2 aliphatic heterocycles. The standard InChI is InChI=1S/C21H24N2O3S2/c1-14-7-12-27-21(14)20-17-4-2-3-16(17)18-13-15(5-6-19(18)22-20)28(24,25)23-8-10-26-11-9-23/h2-3,5-7,12-13,16-17,20,22H,4,8-11H2,1H3. The molecule has 1 aromatic carbocycles. The molecule has 1 fully saturated rings. The van der Waals surface area contributed by atoms with E-state index in [1.807, 2.05) is 12.1 Å². The van der Waals surface area contributed by atoms with Crippen molar-refractivity contribution < 1.29 is 13.2 Å². The molecule has 28 heavy (non-hydrogen) atoms. The molecule has 0 bridgehead atoms. The molecule has 1 aromatic heterocycles. The highest BCUT2D eigenvalue weighted by molar-refractivity contribution is 7.89. The van der Waals surface area contributed by atoms with Gasteiger partial charge in [-0.25, -0.2) is 8.42 Å². The number of morpholine rings is 1. The smallest absolute Gasteiger partial charge is 0.243 e. The van der Waals surface area contributed by atoms with E-state index in [0.29, 0.717) is 37.1 Å². The Labute approximate surface area is 170 Å². The minimum absolute atomic E-state index is 0.252. The number of benzene rings is 1. The molecule has 2 aromatic rings. The van der Waals surface area contributed by atoms with Gasteiger partial charge in [0, 0.05) is 29.6 Å². The molecular formula is C21H24N2O3S2. The molecule has 7 heteroatoms. The van der Waals surface area contributed by atoms with E-state index in [1.54, 1.807) is 17.4 Å². The van der Waals surface area contributed by atoms with Gasteiger partial charge < -0.3 is 10.1 Å². The minimum Gasteiger partial charge on any atom is -0.379 e. The summed E-state index contributed by atoms with van der Waals surface area (Å²) >= 11 is 1.80. The summed E-state index contributed by atoms with van der Waals surface area (Å²) in [7, 11) is -3.48. The largest absolute Gasteiger partial charge is 0.379 e. The van der Waals surface area contributed by atoms with Crippen LogP contribution >= 0.6 is 11.3 Å². The van der Waals surface area contributed by atoms with Crippen molar-refractivity contribution >= 4 is 27.0 Å². The first kappa shape index (κ1) is 18.4. The van der Waals surface area contributed by atoms with E-state index in [4.69, 9.17) is 4.74 Å². The molecule has 1 saturated heterocycles. The van der Waals surface area contributed by atoms with E-state index in [1.165, 1.54) is 14.7 Å². The third-order valence-corrected chi connectivity index (χ3v) is 9.12. The third kappa shape index (κ3) is 2.92. The van der Waals surface area contributed by atoms with Crippen molar-refractivity contribution in [3.05, 3.63) is 57.8 Å². The monoisotopic (exact) mass is 416 g/mol. The van der Waals surface area contributed by atoms with Gasteiger partial charge in [-0.05, 0) is 60.0 Å². The van der Waals surface area contributed by atoms with Crippen molar-refractivity contribution in [1.29, 1.82) is 0 Å². The van der Waals surface area contributed by atoms with Crippen LogP contribution in [0.5, 0.6) is 0 Å². The summed E-state index contributed by atoms with van der Waals surface area (Å²) in [4.78, 5) is 1.77. The van der Waals surface area contributed by atoms with Crippen LogP contribution in [-0.2, 0) is 14.8 Å². The van der Waals surface area contributed by atoms with Gasteiger partial charge in [-0.3, -0.25) is 0 Å². The van der Waals surface area contributed by atoms with Gasteiger partial charge in [0.25, 0.3) is 0 Å². The fourth-order valence-electron chi connectivity index (χ4n) is 4.63. The number of allylic oxidation sites excluding steroid dienone is 2. The topological polar surface area (TPSA) is 58.6 Å². The first-order valence-electron chi connectivity index (χ1n) is 9.75. The van der Waals surface area contributed by atoms with Gasteiger partial charge in [-0.1, -0.05) is 12.2 Å². The number of rotatable bonds is 3. The maximum Gasteiger partial charge on any atom is 0.243 e. The number of ether oxygens (including phenoxy) is 1. The van der Waals surface area contributed by atoms with Crippen molar-refractivity contribution in [1.82, 2.24) is 4.31 Å². The van der Waals surface area contributed by atoms with Crippen LogP contribution in [0.15, 0.2) is 46.7 Å². The Bertz CT molecular complexity index is 1020. The maximum atomic E-state index is 13.1. The second-order valence-electron chi connectivity index (χ2n) is 7.71. The Hall–Kier alpha value is -1.67. The Kier molecular flexibility index (Phi) is 4.58. The second-order valence-corrected chi connectivity index (χ2v) is 10.6. The molecule has 3 aliphatic rings. The molecular weight excluding hydrogens is 392 g/mol. The van der Waals surface area contributed by atoms with E-state index >= 15 is 0 Å². The van der Waals surface area contributed by atoms with Crippen LogP contribution in [0, 0.1) is 12.8 Å². The summed E-state index contributed by atoms with van der Waals surface area (Å²) < 4.78 is 33.0. The fraction of sp³-hybridized carbons (Fsp3) is 0.429. The van der Waals surface area contributed by atoms with Crippen LogP contribution in [0.25, 0.3) is 0 Å². The lowest BCUT2D eigenvalue weighted by molar-refractivity contribution is 0.0730. The average molecular weight is 417 g/mol. The molecule has 5 nitrogen and oxygen atoms in total. The van der Waals surface area contributed by atoms with E-state index in [0.717, 1.165) is 17.7 Å². The molecule has 0 spiro atoms. The highest BCUT2D eigenvalue weighted by Gasteiger charge is 2.39. The van der Waals surface area contributed by atoms with E-state index in [-0.39, 0.29) is 12.0 Å². The number of thiophene rings is 1. The first-order chi connectivity index (χ1) is 13.6. The van der Waals surface area contributed by atoms with Crippen LogP contribution in [0.2, 0.25) is 0 Å². The van der Waals surface area contributed by atoms with Crippen molar-refractivity contribution in [2.45, 2.75) is 30.2 Å². The molecule has 3 heterocycles. The number of fused-ring (bicyclic) bond motifs is 3. The van der Waals surface area contributed by atoms with Gasteiger partial charge in [-0.15, -0.1) is 11.3 Å². The van der Waals surface area contributed by atoms with Gasteiger partial charge >= 0.3 is 0 Å².